The SMILES string of the molecule is O=[N+]([O-])c1ccc(Nc2cc(Cl)ccn2)cc1. The summed E-state index contributed by atoms with van der Waals surface area (Å²) in [6, 6.07) is 9.41. The summed E-state index contributed by atoms with van der Waals surface area (Å²) >= 11 is 5.81. The van der Waals surface area contributed by atoms with Gasteiger partial charge >= 0.3 is 0 Å². The number of nitrogens with one attached hydrogen (secondary N) is 1. The highest BCUT2D eigenvalue weighted by atomic mass is 35.5. The molecule has 2 rings (SSSR count). The third-order valence-electron chi connectivity index (χ3n) is 2.07. The van der Waals surface area contributed by atoms with Gasteiger partial charge in [-0.1, -0.05) is 11.6 Å². The standard InChI is InChI=1S/C11H8ClN3O2/c12-8-5-6-13-11(7-8)14-9-1-3-10(4-2-9)15(16)17/h1-7H,(H,13,14). The van der Waals surface area contributed by atoms with E-state index in [9.17, 15) is 10.1 Å². The molecule has 0 aliphatic rings. The summed E-state index contributed by atoms with van der Waals surface area (Å²) in [5.41, 5.74) is 0.764. The van der Waals surface area contributed by atoms with Crippen LogP contribution in [0.1, 0.15) is 0 Å². The number of benzene rings is 1. The van der Waals surface area contributed by atoms with Crippen molar-refractivity contribution in [1.82, 2.24) is 4.98 Å². The average Bonchev–Trinajstić information content (AvgIpc) is 2.29. The van der Waals surface area contributed by atoms with Gasteiger partial charge in [-0.3, -0.25) is 10.1 Å². The first-order valence-corrected chi connectivity index (χ1v) is 5.16. The molecule has 0 aliphatic heterocycles. The molecule has 0 amide bonds. The molecule has 0 fully saturated rings. The summed E-state index contributed by atoms with van der Waals surface area (Å²) in [7, 11) is 0. The lowest BCUT2D eigenvalue weighted by Gasteiger charge is -2.04. The molecule has 0 radical (unpaired) electrons. The van der Waals surface area contributed by atoms with Crippen LogP contribution in [-0.4, -0.2) is 9.91 Å². The molecule has 2 aromatic rings. The van der Waals surface area contributed by atoms with Gasteiger partial charge in [-0.15, -0.1) is 0 Å². The quantitative estimate of drug-likeness (QED) is 0.669. The van der Waals surface area contributed by atoms with Crippen molar-refractivity contribution < 1.29 is 4.92 Å². The van der Waals surface area contributed by atoms with Gasteiger partial charge in [0, 0.05) is 29.0 Å². The second kappa shape index (κ2) is 4.80. The summed E-state index contributed by atoms with van der Waals surface area (Å²) in [5, 5.41) is 14.0. The van der Waals surface area contributed by atoms with Crippen LogP contribution in [0.4, 0.5) is 17.2 Å². The lowest BCUT2D eigenvalue weighted by molar-refractivity contribution is -0.384. The van der Waals surface area contributed by atoms with Crippen molar-refractivity contribution in [2.24, 2.45) is 0 Å². The molecule has 5 nitrogen and oxygen atoms in total. The highest BCUT2D eigenvalue weighted by Gasteiger charge is 2.04. The Hall–Kier alpha value is -2.14. The number of hydrogen-bond acceptors (Lipinski definition) is 4. The number of halogens is 1. The minimum absolute atomic E-state index is 0.0506. The Morgan fingerprint density at radius 1 is 1.24 bits per heavy atom. The summed E-state index contributed by atoms with van der Waals surface area (Å²) in [6.45, 7) is 0. The largest absolute Gasteiger partial charge is 0.340 e. The zero-order valence-electron chi connectivity index (χ0n) is 8.63. The van der Waals surface area contributed by atoms with Gasteiger partial charge in [0.1, 0.15) is 5.82 Å². The van der Waals surface area contributed by atoms with Gasteiger partial charge in [0.05, 0.1) is 4.92 Å². The summed E-state index contributed by atoms with van der Waals surface area (Å²) in [4.78, 5) is 14.1. The molecule has 0 atom stereocenters. The maximum atomic E-state index is 10.5. The van der Waals surface area contributed by atoms with Crippen LogP contribution in [0.3, 0.4) is 0 Å². The van der Waals surface area contributed by atoms with Crippen LogP contribution in [0.25, 0.3) is 0 Å². The lowest BCUT2D eigenvalue weighted by atomic mass is 10.3. The highest BCUT2D eigenvalue weighted by molar-refractivity contribution is 6.30. The van der Waals surface area contributed by atoms with Crippen LogP contribution in [0.5, 0.6) is 0 Å². The molecule has 0 spiro atoms. The van der Waals surface area contributed by atoms with Gasteiger partial charge in [0.15, 0.2) is 0 Å². The molecule has 0 bridgehead atoms. The second-order valence-corrected chi connectivity index (χ2v) is 3.72. The highest BCUT2D eigenvalue weighted by Crippen LogP contribution is 2.20. The number of nitro groups is 1. The van der Waals surface area contributed by atoms with Gasteiger partial charge in [-0.05, 0) is 24.3 Å². The first-order chi connectivity index (χ1) is 8.15. The monoisotopic (exact) mass is 249 g/mol. The van der Waals surface area contributed by atoms with E-state index in [4.69, 9.17) is 11.6 Å². The van der Waals surface area contributed by atoms with E-state index in [2.05, 4.69) is 10.3 Å². The van der Waals surface area contributed by atoms with E-state index in [0.29, 0.717) is 16.5 Å². The molecule has 1 aromatic heterocycles. The molecule has 1 heterocycles. The normalized spacial score (nSPS) is 9.94. The third kappa shape index (κ3) is 2.92. The van der Waals surface area contributed by atoms with Gasteiger partial charge in [0.2, 0.25) is 0 Å². The zero-order valence-corrected chi connectivity index (χ0v) is 9.39. The molecule has 1 N–H and O–H groups in total. The fourth-order valence-electron chi connectivity index (χ4n) is 1.29. The van der Waals surface area contributed by atoms with Crippen LogP contribution >= 0.6 is 11.6 Å². The van der Waals surface area contributed by atoms with Gasteiger partial charge in [-0.2, -0.15) is 0 Å². The molecular weight excluding hydrogens is 242 g/mol. The summed E-state index contributed by atoms with van der Waals surface area (Å²) in [5.74, 6) is 0.589. The number of aromatic nitrogens is 1. The smallest absolute Gasteiger partial charge is 0.269 e. The number of nitro benzene ring substituents is 1. The van der Waals surface area contributed by atoms with E-state index >= 15 is 0 Å². The number of anilines is 2. The molecule has 17 heavy (non-hydrogen) atoms. The Kier molecular flexibility index (Phi) is 3.20. The van der Waals surface area contributed by atoms with Gasteiger partial charge in [0.25, 0.3) is 5.69 Å². The van der Waals surface area contributed by atoms with Crippen molar-refractivity contribution in [1.29, 1.82) is 0 Å². The van der Waals surface area contributed by atoms with Crippen molar-refractivity contribution in [3.8, 4) is 0 Å². The fraction of sp³-hybridized carbons (Fsp3) is 0. The molecule has 6 heteroatoms. The zero-order chi connectivity index (χ0) is 12.3. The Bertz CT molecular complexity index is 543. The van der Waals surface area contributed by atoms with Gasteiger partial charge < -0.3 is 5.32 Å². The maximum absolute atomic E-state index is 10.5. The third-order valence-corrected chi connectivity index (χ3v) is 2.31. The molecule has 86 valence electrons. The van der Waals surface area contributed by atoms with E-state index in [1.807, 2.05) is 0 Å². The van der Waals surface area contributed by atoms with Crippen molar-refractivity contribution in [2.75, 3.05) is 5.32 Å². The maximum Gasteiger partial charge on any atom is 0.269 e. The molecule has 1 aromatic carbocycles. The molecule has 0 aliphatic carbocycles. The topological polar surface area (TPSA) is 68.1 Å². The fourth-order valence-corrected chi connectivity index (χ4v) is 1.45. The Morgan fingerprint density at radius 3 is 2.53 bits per heavy atom. The van der Waals surface area contributed by atoms with Crippen molar-refractivity contribution >= 4 is 28.8 Å². The summed E-state index contributed by atoms with van der Waals surface area (Å²) < 4.78 is 0. The first kappa shape index (κ1) is 11.3. The minimum Gasteiger partial charge on any atom is -0.340 e. The minimum atomic E-state index is -0.443. The van der Waals surface area contributed by atoms with Crippen LogP contribution < -0.4 is 5.32 Å². The first-order valence-electron chi connectivity index (χ1n) is 4.78. The van der Waals surface area contributed by atoms with E-state index in [0.717, 1.165) is 0 Å². The summed E-state index contributed by atoms with van der Waals surface area (Å²) in [6.07, 6.45) is 1.58. The van der Waals surface area contributed by atoms with E-state index < -0.39 is 4.92 Å². The Balaban J connectivity index is 2.16. The lowest BCUT2D eigenvalue weighted by Crippen LogP contribution is -1.93. The number of pyridine rings is 1. The van der Waals surface area contributed by atoms with Crippen LogP contribution in [0.15, 0.2) is 42.6 Å². The Labute approximate surface area is 102 Å². The van der Waals surface area contributed by atoms with Gasteiger partial charge in [-0.25, -0.2) is 4.98 Å². The van der Waals surface area contributed by atoms with Crippen LogP contribution in [0.2, 0.25) is 5.02 Å². The molecule has 0 unspecified atom stereocenters. The van der Waals surface area contributed by atoms with Crippen LogP contribution in [0, 0.1) is 10.1 Å². The Morgan fingerprint density at radius 2 is 1.94 bits per heavy atom. The predicted molar refractivity (Wildman–Crippen MR) is 65.6 cm³/mol. The average molecular weight is 250 g/mol. The number of nitrogens with zero attached hydrogens (tertiary/aromatic N) is 2. The number of hydrogen-bond donors (Lipinski definition) is 1. The molecule has 0 saturated heterocycles. The second-order valence-electron chi connectivity index (χ2n) is 3.29. The molecular formula is C11H8ClN3O2. The number of rotatable bonds is 3. The molecule has 0 saturated carbocycles. The van der Waals surface area contributed by atoms with Crippen molar-refractivity contribution in [2.45, 2.75) is 0 Å². The predicted octanol–water partition coefficient (Wildman–Crippen LogP) is 3.39. The van der Waals surface area contributed by atoms with Crippen LogP contribution in [-0.2, 0) is 0 Å². The van der Waals surface area contributed by atoms with Crippen molar-refractivity contribution in [3.63, 3.8) is 0 Å². The van der Waals surface area contributed by atoms with Crippen molar-refractivity contribution in [3.05, 3.63) is 57.7 Å². The number of non-ortho nitro benzene ring substituents is 1. The van der Waals surface area contributed by atoms with E-state index in [1.165, 1.54) is 12.1 Å². The van der Waals surface area contributed by atoms with E-state index in [-0.39, 0.29) is 5.69 Å². The van der Waals surface area contributed by atoms with E-state index in [1.54, 1.807) is 30.5 Å².